The van der Waals surface area contributed by atoms with Gasteiger partial charge in [0.1, 0.15) is 5.82 Å². The minimum atomic E-state index is 0.562. The molecule has 2 atom stereocenters. The maximum absolute atomic E-state index is 4.81. The monoisotopic (exact) mass is 307 g/mol. The molecule has 1 saturated heterocycles. The number of halogens is 1. The van der Waals surface area contributed by atoms with Crippen LogP contribution in [0.15, 0.2) is 16.6 Å². The lowest BCUT2D eigenvalue weighted by atomic mass is 9.93. The first kappa shape index (κ1) is 12.2. The van der Waals surface area contributed by atoms with Gasteiger partial charge in [-0.05, 0) is 50.9 Å². The van der Waals surface area contributed by atoms with Gasteiger partial charge in [0.05, 0.1) is 11.0 Å². The number of H-pyrrole nitrogens is 1. The smallest absolute Gasteiger partial charge is 0.110 e. The second-order valence-corrected chi connectivity index (χ2v) is 6.23. The van der Waals surface area contributed by atoms with E-state index in [-0.39, 0.29) is 0 Å². The number of piperidine rings is 1. The molecule has 1 aromatic carbocycles. The van der Waals surface area contributed by atoms with Gasteiger partial charge < -0.3 is 10.3 Å². The topological polar surface area (TPSA) is 40.7 Å². The minimum absolute atomic E-state index is 0.562. The number of benzene rings is 1. The van der Waals surface area contributed by atoms with Crippen LogP contribution in [0.2, 0.25) is 0 Å². The van der Waals surface area contributed by atoms with Crippen LogP contribution in [0.5, 0.6) is 0 Å². The summed E-state index contributed by atoms with van der Waals surface area (Å²) >= 11 is 3.54. The lowest BCUT2D eigenvalue weighted by molar-refractivity contribution is 0.373. The average molecular weight is 308 g/mol. The fraction of sp³-hybridized carbons (Fsp3) is 0.500. The van der Waals surface area contributed by atoms with Crippen LogP contribution in [0.4, 0.5) is 0 Å². The standard InChI is InChI=1S/C14H18BrN3/c1-8-5-11(15)7-12-13(8)18-14(17-12)10-3-4-16-9(2)6-10/h5,7,9-10,16H,3-4,6H2,1-2H3,(H,17,18). The summed E-state index contributed by atoms with van der Waals surface area (Å²) in [6.07, 6.45) is 2.34. The number of fused-ring (bicyclic) bond motifs is 1. The van der Waals surface area contributed by atoms with Gasteiger partial charge in [0.15, 0.2) is 0 Å². The normalized spacial score (nSPS) is 24.6. The van der Waals surface area contributed by atoms with E-state index in [0.29, 0.717) is 12.0 Å². The van der Waals surface area contributed by atoms with Gasteiger partial charge in [0.25, 0.3) is 0 Å². The van der Waals surface area contributed by atoms with E-state index in [2.05, 4.69) is 52.2 Å². The van der Waals surface area contributed by atoms with Crippen molar-refractivity contribution in [3.63, 3.8) is 0 Å². The molecule has 1 fully saturated rings. The van der Waals surface area contributed by atoms with E-state index in [9.17, 15) is 0 Å². The lowest BCUT2D eigenvalue weighted by Gasteiger charge is -2.26. The predicted molar refractivity (Wildman–Crippen MR) is 78.0 cm³/mol. The maximum atomic E-state index is 4.81. The maximum Gasteiger partial charge on any atom is 0.110 e. The summed E-state index contributed by atoms with van der Waals surface area (Å²) in [6, 6.07) is 4.83. The summed E-state index contributed by atoms with van der Waals surface area (Å²) in [4.78, 5) is 8.31. The molecule has 0 radical (unpaired) electrons. The molecule has 4 heteroatoms. The molecular weight excluding hydrogens is 290 g/mol. The van der Waals surface area contributed by atoms with E-state index in [1.807, 2.05) is 0 Å². The zero-order valence-corrected chi connectivity index (χ0v) is 12.3. The summed E-state index contributed by atoms with van der Waals surface area (Å²) in [6.45, 7) is 5.45. The largest absolute Gasteiger partial charge is 0.342 e. The van der Waals surface area contributed by atoms with E-state index in [1.54, 1.807) is 0 Å². The fourth-order valence-corrected chi connectivity index (χ4v) is 3.41. The lowest BCUT2D eigenvalue weighted by Crippen LogP contribution is -2.35. The fourth-order valence-electron chi connectivity index (χ4n) is 2.84. The Labute approximate surface area is 116 Å². The second kappa shape index (κ2) is 4.67. The van der Waals surface area contributed by atoms with Crippen molar-refractivity contribution in [3.8, 4) is 0 Å². The van der Waals surface area contributed by atoms with Crippen LogP contribution in [0.1, 0.15) is 37.1 Å². The van der Waals surface area contributed by atoms with E-state index < -0.39 is 0 Å². The molecule has 3 rings (SSSR count). The Hall–Kier alpha value is -0.870. The zero-order chi connectivity index (χ0) is 12.7. The first-order valence-electron chi connectivity index (χ1n) is 6.52. The van der Waals surface area contributed by atoms with Crippen molar-refractivity contribution >= 4 is 27.0 Å². The molecule has 2 N–H and O–H groups in total. The molecule has 0 amide bonds. The number of aryl methyl sites for hydroxylation is 1. The van der Waals surface area contributed by atoms with Crippen LogP contribution in [0.3, 0.4) is 0 Å². The highest BCUT2D eigenvalue weighted by molar-refractivity contribution is 9.10. The Morgan fingerprint density at radius 3 is 3.00 bits per heavy atom. The van der Waals surface area contributed by atoms with Gasteiger partial charge in [-0.3, -0.25) is 0 Å². The Bertz CT molecular complexity index is 576. The highest BCUT2D eigenvalue weighted by Crippen LogP contribution is 2.29. The molecule has 2 unspecified atom stereocenters. The number of nitrogens with zero attached hydrogens (tertiary/aromatic N) is 1. The molecular formula is C14H18BrN3. The van der Waals surface area contributed by atoms with Gasteiger partial charge in [-0.15, -0.1) is 0 Å². The van der Waals surface area contributed by atoms with Crippen molar-refractivity contribution in [1.29, 1.82) is 0 Å². The van der Waals surface area contributed by atoms with E-state index in [1.165, 1.54) is 18.4 Å². The SMILES string of the molecule is Cc1cc(Br)cc2[nH]c(C3CCNC(C)C3)nc12. The van der Waals surface area contributed by atoms with Gasteiger partial charge in [-0.1, -0.05) is 15.9 Å². The number of hydrogen-bond donors (Lipinski definition) is 2. The number of aromatic nitrogens is 2. The molecule has 1 aliphatic rings. The van der Waals surface area contributed by atoms with Crippen molar-refractivity contribution in [1.82, 2.24) is 15.3 Å². The summed E-state index contributed by atoms with van der Waals surface area (Å²) in [5, 5.41) is 3.49. The van der Waals surface area contributed by atoms with Crippen LogP contribution in [-0.4, -0.2) is 22.6 Å². The Kier molecular flexibility index (Phi) is 3.16. The summed E-state index contributed by atoms with van der Waals surface area (Å²) in [5.74, 6) is 1.71. The van der Waals surface area contributed by atoms with Gasteiger partial charge in [0, 0.05) is 16.4 Å². The second-order valence-electron chi connectivity index (χ2n) is 5.32. The van der Waals surface area contributed by atoms with Crippen molar-refractivity contribution in [2.75, 3.05) is 6.54 Å². The molecule has 1 aliphatic heterocycles. The number of rotatable bonds is 1. The number of nitrogens with one attached hydrogen (secondary N) is 2. The molecule has 2 aromatic rings. The molecule has 0 aliphatic carbocycles. The third-order valence-electron chi connectivity index (χ3n) is 3.77. The van der Waals surface area contributed by atoms with Crippen molar-refractivity contribution in [2.24, 2.45) is 0 Å². The van der Waals surface area contributed by atoms with Crippen LogP contribution < -0.4 is 5.32 Å². The van der Waals surface area contributed by atoms with Gasteiger partial charge in [-0.25, -0.2) is 4.98 Å². The van der Waals surface area contributed by atoms with Crippen LogP contribution in [-0.2, 0) is 0 Å². The highest BCUT2D eigenvalue weighted by atomic mass is 79.9. The Morgan fingerprint density at radius 2 is 2.22 bits per heavy atom. The van der Waals surface area contributed by atoms with E-state index in [0.717, 1.165) is 27.9 Å². The molecule has 96 valence electrons. The van der Waals surface area contributed by atoms with Crippen molar-refractivity contribution in [2.45, 2.75) is 38.6 Å². The molecule has 0 bridgehead atoms. The molecule has 0 spiro atoms. The van der Waals surface area contributed by atoms with Crippen LogP contribution in [0, 0.1) is 6.92 Å². The summed E-state index contributed by atoms with van der Waals surface area (Å²) < 4.78 is 1.11. The number of imidazole rings is 1. The molecule has 18 heavy (non-hydrogen) atoms. The molecule has 0 saturated carbocycles. The predicted octanol–water partition coefficient (Wildman–Crippen LogP) is 3.49. The molecule has 1 aromatic heterocycles. The van der Waals surface area contributed by atoms with E-state index in [4.69, 9.17) is 4.98 Å². The van der Waals surface area contributed by atoms with E-state index >= 15 is 0 Å². The first-order chi connectivity index (χ1) is 8.63. The summed E-state index contributed by atoms with van der Waals surface area (Å²) in [5.41, 5.74) is 3.48. The average Bonchev–Trinajstić information content (AvgIpc) is 2.73. The van der Waals surface area contributed by atoms with Crippen LogP contribution in [0.25, 0.3) is 11.0 Å². The number of aromatic amines is 1. The van der Waals surface area contributed by atoms with Crippen molar-refractivity contribution < 1.29 is 0 Å². The molecule has 2 heterocycles. The van der Waals surface area contributed by atoms with Crippen molar-refractivity contribution in [3.05, 3.63) is 28.0 Å². The van der Waals surface area contributed by atoms with Gasteiger partial charge >= 0.3 is 0 Å². The first-order valence-corrected chi connectivity index (χ1v) is 7.32. The molecule has 3 nitrogen and oxygen atoms in total. The quantitative estimate of drug-likeness (QED) is 0.846. The summed E-state index contributed by atoms with van der Waals surface area (Å²) in [7, 11) is 0. The zero-order valence-electron chi connectivity index (χ0n) is 10.8. The number of hydrogen-bond acceptors (Lipinski definition) is 2. The third-order valence-corrected chi connectivity index (χ3v) is 4.23. The minimum Gasteiger partial charge on any atom is -0.342 e. The van der Waals surface area contributed by atoms with Gasteiger partial charge in [0.2, 0.25) is 0 Å². The highest BCUT2D eigenvalue weighted by Gasteiger charge is 2.22. The third kappa shape index (κ3) is 2.19. The Morgan fingerprint density at radius 1 is 1.39 bits per heavy atom. The Balaban J connectivity index is 2.00. The van der Waals surface area contributed by atoms with Gasteiger partial charge in [-0.2, -0.15) is 0 Å². The van der Waals surface area contributed by atoms with Crippen LogP contribution >= 0.6 is 15.9 Å².